The molecule has 3 rings (SSSR count). The lowest BCUT2D eigenvalue weighted by Gasteiger charge is -2.27. The molecule has 1 aliphatic rings. The number of hydrogen-bond acceptors (Lipinski definition) is 3. The molecule has 0 aromatic heterocycles. The molecule has 1 aliphatic heterocycles. The van der Waals surface area contributed by atoms with Gasteiger partial charge in [-0.1, -0.05) is 60.7 Å². The smallest absolute Gasteiger partial charge is 0.223 e. The number of benzene rings is 2. The minimum Gasteiger partial charge on any atom is -0.356 e. The second-order valence-electron chi connectivity index (χ2n) is 7.90. The fraction of sp³-hybridized carbons (Fsp3) is 0.458. The first-order valence-corrected chi connectivity index (χ1v) is 10.5. The second-order valence-corrected chi connectivity index (χ2v) is 7.90. The van der Waals surface area contributed by atoms with E-state index in [1.54, 1.807) is 0 Å². The monoisotopic (exact) mass is 379 g/mol. The summed E-state index contributed by atoms with van der Waals surface area (Å²) >= 11 is 0. The van der Waals surface area contributed by atoms with Gasteiger partial charge in [-0.15, -0.1) is 0 Å². The quantitative estimate of drug-likeness (QED) is 0.655. The summed E-state index contributed by atoms with van der Waals surface area (Å²) in [4.78, 5) is 14.9. The summed E-state index contributed by atoms with van der Waals surface area (Å²) in [6, 6.07) is 21.6. The molecule has 4 heteroatoms. The highest BCUT2D eigenvalue weighted by Gasteiger charge is 2.24. The van der Waals surface area contributed by atoms with Gasteiger partial charge in [0.05, 0.1) is 0 Å². The standard InChI is InChI=1S/C24H33N3O/c1-20-17-23(13-15-25-20)24(28)26-14-8-16-27(18-21-9-4-2-5-10-21)19-22-11-6-3-7-12-22/h2-7,9-12,20,23,25H,8,13-19H2,1H3,(H,26,28)/t20-,23-/m0/s1. The number of carbonyl (C=O) groups is 1. The van der Waals surface area contributed by atoms with Crippen LogP contribution in [0.4, 0.5) is 0 Å². The first-order valence-electron chi connectivity index (χ1n) is 10.5. The van der Waals surface area contributed by atoms with Crippen molar-refractivity contribution in [1.29, 1.82) is 0 Å². The van der Waals surface area contributed by atoms with Gasteiger partial charge in [-0.05, 0) is 43.9 Å². The third-order valence-electron chi connectivity index (χ3n) is 5.44. The predicted octanol–water partition coefficient (Wildman–Crippen LogP) is 3.58. The summed E-state index contributed by atoms with van der Waals surface area (Å²) in [5.41, 5.74) is 2.65. The summed E-state index contributed by atoms with van der Waals surface area (Å²) < 4.78 is 0. The van der Waals surface area contributed by atoms with Crippen LogP contribution in [0.1, 0.15) is 37.3 Å². The molecule has 28 heavy (non-hydrogen) atoms. The highest BCUT2D eigenvalue weighted by atomic mass is 16.1. The largest absolute Gasteiger partial charge is 0.356 e. The van der Waals surface area contributed by atoms with Gasteiger partial charge in [0.15, 0.2) is 0 Å². The summed E-state index contributed by atoms with van der Waals surface area (Å²) in [7, 11) is 0. The first kappa shape index (κ1) is 20.6. The van der Waals surface area contributed by atoms with Crippen LogP contribution in [-0.4, -0.2) is 36.5 Å². The van der Waals surface area contributed by atoms with Crippen LogP contribution in [0.3, 0.4) is 0 Å². The summed E-state index contributed by atoms with van der Waals surface area (Å²) in [5.74, 6) is 0.395. The van der Waals surface area contributed by atoms with Gasteiger partial charge in [0.2, 0.25) is 5.91 Å². The van der Waals surface area contributed by atoms with E-state index in [2.05, 4.69) is 83.1 Å². The van der Waals surface area contributed by atoms with Crippen molar-refractivity contribution in [3.05, 3.63) is 71.8 Å². The number of carbonyl (C=O) groups excluding carboxylic acids is 1. The van der Waals surface area contributed by atoms with E-state index in [0.29, 0.717) is 6.04 Å². The first-order chi connectivity index (χ1) is 13.7. The van der Waals surface area contributed by atoms with Crippen molar-refractivity contribution in [2.24, 2.45) is 5.92 Å². The van der Waals surface area contributed by atoms with Crippen molar-refractivity contribution in [3.8, 4) is 0 Å². The Hall–Kier alpha value is -2.17. The van der Waals surface area contributed by atoms with Gasteiger partial charge in [0.1, 0.15) is 0 Å². The van der Waals surface area contributed by atoms with E-state index >= 15 is 0 Å². The molecule has 1 amide bonds. The van der Waals surface area contributed by atoms with Crippen LogP contribution in [0.2, 0.25) is 0 Å². The van der Waals surface area contributed by atoms with Crippen LogP contribution in [0.15, 0.2) is 60.7 Å². The molecule has 1 saturated heterocycles. The molecule has 2 aromatic rings. The molecule has 4 nitrogen and oxygen atoms in total. The molecule has 0 saturated carbocycles. The molecule has 2 aromatic carbocycles. The van der Waals surface area contributed by atoms with Gasteiger partial charge >= 0.3 is 0 Å². The number of amides is 1. The topological polar surface area (TPSA) is 44.4 Å². The lowest BCUT2D eigenvalue weighted by Crippen LogP contribution is -2.42. The van der Waals surface area contributed by atoms with Gasteiger partial charge < -0.3 is 10.6 Å². The van der Waals surface area contributed by atoms with Crippen molar-refractivity contribution in [2.75, 3.05) is 19.6 Å². The molecular weight excluding hydrogens is 346 g/mol. The Morgan fingerprint density at radius 3 is 2.21 bits per heavy atom. The van der Waals surface area contributed by atoms with E-state index in [0.717, 1.165) is 52.0 Å². The summed E-state index contributed by atoms with van der Waals surface area (Å²) in [6.45, 7) is 6.67. The van der Waals surface area contributed by atoms with Crippen molar-refractivity contribution in [2.45, 2.75) is 45.3 Å². The van der Waals surface area contributed by atoms with Crippen molar-refractivity contribution in [1.82, 2.24) is 15.5 Å². The minimum absolute atomic E-state index is 0.168. The van der Waals surface area contributed by atoms with E-state index in [9.17, 15) is 4.79 Å². The van der Waals surface area contributed by atoms with E-state index < -0.39 is 0 Å². The Kier molecular flexibility index (Phi) is 8.07. The average Bonchev–Trinajstić information content (AvgIpc) is 2.72. The molecule has 1 heterocycles. The number of nitrogens with zero attached hydrogens (tertiary/aromatic N) is 1. The van der Waals surface area contributed by atoms with Crippen LogP contribution in [0.5, 0.6) is 0 Å². The SMILES string of the molecule is C[C@H]1C[C@@H](C(=O)NCCCN(Cc2ccccc2)Cc2ccccc2)CCN1. The van der Waals surface area contributed by atoms with E-state index in [1.807, 2.05) is 0 Å². The highest BCUT2D eigenvalue weighted by molar-refractivity contribution is 5.78. The maximum atomic E-state index is 12.4. The Bertz CT molecular complexity index is 663. The van der Waals surface area contributed by atoms with Crippen LogP contribution in [0, 0.1) is 5.92 Å². The van der Waals surface area contributed by atoms with Gasteiger partial charge in [0, 0.05) is 38.1 Å². The Balaban J connectivity index is 1.47. The van der Waals surface area contributed by atoms with Crippen molar-refractivity contribution < 1.29 is 4.79 Å². The number of piperidine rings is 1. The van der Waals surface area contributed by atoms with Crippen molar-refractivity contribution in [3.63, 3.8) is 0 Å². The maximum Gasteiger partial charge on any atom is 0.223 e. The van der Waals surface area contributed by atoms with E-state index in [1.165, 1.54) is 11.1 Å². The zero-order chi connectivity index (χ0) is 19.6. The lowest BCUT2D eigenvalue weighted by molar-refractivity contribution is -0.126. The zero-order valence-electron chi connectivity index (χ0n) is 16.9. The van der Waals surface area contributed by atoms with Crippen LogP contribution in [0.25, 0.3) is 0 Å². The molecule has 0 unspecified atom stereocenters. The number of hydrogen-bond donors (Lipinski definition) is 2. The molecule has 1 fully saturated rings. The van der Waals surface area contributed by atoms with Gasteiger partial charge in [-0.2, -0.15) is 0 Å². The van der Waals surface area contributed by atoms with Gasteiger partial charge in [-0.3, -0.25) is 9.69 Å². The Labute approximate surface area is 169 Å². The van der Waals surface area contributed by atoms with Crippen molar-refractivity contribution >= 4 is 5.91 Å². The second kappa shape index (κ2) is 11.0. The Morgan fingerprint density at radius 2 is 1.64 bits per heavy atom. The summed E-state index contributed by atoms with van der Waals surface area (Å²) in [6.07, 6.45) is 2.86. The molecular formula is C24H33N3O. The minimum atomic E-state index is 0.168. The van der Waals surface area contributed by atoms with Crippen LogP contribution in [-0.2, 0) is 17.9 Å². The zero-order valence-corrected chi connectivity index (χ0v) is 16.9. The van der Waals surface area contributed by atoms with Crippen LogP contribution < -0.4 is 10.6 Å². The molecule has 2 atom stereocenters. The predicted molar refractivity (Wildman–Crippen MR) is 115 cm³/mol. The average molecular weight is 380 g/mol. The molecule has 0 spiro atoms. The normalized spacial score (nSPS) is 19.5. The number of nitrogens with one attached hydrogen (secondary N) is 2. The fourth-order valence-corrected chi connectivity index (χ4v) is 3.93. The van der Waals surface area contributed by atoms with E-state index in [-0.39, 0.29) is 11.8 Å². The molecule has 0 bridgehead atoms. The lowest BCUT2D eigenvalue weighted by atomic mass is 9.92. The third kappa shape index (κ3) is 6.77. The molecule has 0 aliphatic carbocycles. The number of rotatable bonds is 9. The molecule has 0 radical (unpaired) electrons. The van der Waals surface area contributed by atoms with Crippen LogP contribution >= 0.6 is 0 Å². The highest BCUT2D eigenvalue weighted by Crippen LogP contribution is 2.16. The Morgan fingerprint density at radius 1 is 1.04 bits per heavy atom. The van der Waals surface area contributed by atoms with E-state index in [4.69, 9.17) is 0 Å². The third-order valence-corrected chi connectivity index (χ3v) is 5.44. The maximum absolute atomic E-state index is 12.4. The fourth-order valence-electron chi connectivity index (χ4n) is 3.93. The molecule has 150 valence electrons. The van der Waals surface area contributed by atoms with Gasteiger partial charge in [0.25, 0.3) is 0 Å². The molecule has 2 N–H and O–H groups in total. The van der Waals surface area contributed by atoms with Gasteiger partial charge in [-0.25, -0.2) is 0 Å². The summed E-state index contributed by atoms with van der Waals surface area (Å²) in [5, 5.41) is 6.57.